The molecule has 160 valence electrons. The third-order valence-corrected chi connectivity index (χ3v) is 5.98. The maximum Gasteiger partial charge on any atom is 0.265 e. The highest BCUT2D eigenvalue weighted by Gasteiger charge is 2.15. The van der Waals surface area contributed by atoms with Crippen molar-refractivity contribution in [2.24, 2.45) is 0 Å². The van der Waals surface area contributed by atoms with Crippen LogP contribution in [0.2, 0.25) is 0 Å². The van der Waals surface area contributed by atoms with Gasteiger partial charge in [-0.1, -0.05) is 12.1 Å². The zero-order valence-electron chi connectivity index (χ0n) is 18.2. The molecule has 0 aliphatic carbocycles. The Hall–Kier alpha value is -4.57. The van der Waals surface area contributed by atoms with E-state index < -0.39 is 0 Å². The molecule has 0 saturated carbocycles. The molecule has 7 heteroatoms. The molecule has 3 aromatic heterocycles. The number of rotatable bonds is 4. The molecule has 2 aromatic carbocycles. The summed E-state index contributed by atoms with van der Waals surface area (Å²) in [6.45, 7) is 4.05. The van der Waals surface area contributed by atoms with E-state index in [0.717, 1.165) is 27.9 Å². The van der Waals surface area contributed by atoms with Gasteiger partial charge in [-0.25, -0.2) is 14.6 Å². The molecule has 7 nitrogen and oxygen atoms in total. The predicted octanol–water partition coefficient (Wildman–Crippen LogP) is 4.05. The Labute approximate surface area is 190 Å². The van der Waals surface area contributed by atoms with Crippen LogP contribution in [0.4, 0.5) is 0 Å². The Bertz CT molecular complexity index is 1570. The van der Waals surface area contributed by atoms with E-state index in [-0.39, 0.29) is 11.3 Å². The van der Waals surface area contributed by atoms with Gasteiger partial charge in [0, 0.05) is 18.6 Å². The summed E-state index contributed by atoms with van der Waals surface area (Å²) in [5.41, 5.74) is 6.35. The first-order valence-corrected chi connectivity index (χ1v) is 10.5. The smallest absolute Gasteiger partial charge is 0.265 e. The lowest BCUT2D eigenvalue weighted by molar-refractivity contribution is 0.879. The van der Waals surface area contributed by atoms with Crippen molar-refractivity contribution in [2.75, 3.05) is 0 Å². The molecule has 0 unspecified atom stereocenters. The molecule has 5 rings (SSSR count). The van der Waals surface area contributed by atoms with E-state index in [1.165, 1.54) is 17.1 Å². The van der Waals surface area contributed by atoms with Crippen LogP contribution >= 0.6 is 0 Å². The summed E-state index contributed by atoms with van der Waals surface area (Å²) in [5, 5.41) is 14.2. The Morgan fingerprint density at radius 2 is 1.82 bits per heavy atom. The van der Waals surface area contributed by atoms with E-state index in [2.05, 4.69) is 34.1 Å². The summed E-state index contributed by atoms with van der Waals surface area (Å²) in [6.07, 6.45) is 7.35. The number of fused-ring (bicyclic) bond motifs is 1. The molecule has 0 radical (unpaired) electrons. The van der Waals surface area contributed by atoms with Crippen LogP contribution in [0.3, 0.4) is 0 Å². The second kappa shape index (κ2) is 8.17. The molecule has 0 spiro atoms. The van der Waals surface area contributed by atoms with E-state index in [4.69, 9.17) is 0 Å². The Kier molecular flexibility index (Phi) is 5.04. The minimum Gasteiger partial charge on any atom is -0.268 e. The maximum atomic E-state index is 13.4. The number of nitrogens with zero attached hydrogens (tertiary/aromatic N) is 6. The fourth-order valence-electron chi connectivity index (χ4n) is 4.04. The normalized spacial score (nSPS) is 10.9. The van der Waals surface area contributed by atoms with Gasteiger partial charge in [0.1, 0.15) is 12.4 Å². The molecule has 0 aliphatic heterocycles. The largest absolute Gasteiger partial charge is 0.268 e. The minimum atomic E-state index is -0.220. The predicted molar refractivity (Wildman–Crippen MR) is 126 cm³/mol. The van der Waals surface area contributed by atoms with Gasteiger partial charge >= 0.3 is 0 Å². The monoisotopic (exact) mass is 432 g/mol. The van der Waals surface area contributed by atoms with Gasteiger partial charge in [-0.15, -0.1) is 0 Å². The van der Waals surface area contributed by atoms with Crippen LogP contribution in [-0.2, 0) is 6.42 Å². The van der Waals surface area contributed by atoms with Crippen LogP contribution in [0.1, 0.15) is 27.9 Å². The highest BCUT2D eigenvalue weighted by Crippen LogP contribution is 2.24. The van der Waals surface area contributed by atoms with Crippen molar-refractivity contribution in [3.8, 4) is 17.4 Å². The fourth-order valence-corrected chi connectivity index (χ4v) is 4.04. The van der Waals surface area contributed by atoms with E-state index in [1.54, 1.807) is 18.3 Å². The van der Waals surface area contributed by atoms with Crippen molar-refractivity contribution in [2.45, 2.75) is 20.3 Å². The molecular formula is C26H20N6O. The maximum absolute atomic E-state index is 13.4. The van der Waals surface area contributed by atoms with E-state index in [0.29, 0.717) is 23.0 Å². The summed E-state index contributed by atoms with van der Waals surface area (Å²) in [4.78, 5) is 22.0. The van der Waals surface area contributed by atoms with Crippen LogP contribution in [0, 0.1) is 25.2 Å². The van der Waals surface area contributed by atoms with Gasteiger partial charge in [0.25, 0.3) is 5.56 Å². The third-order valence-electron chi connectivity index (χ3n) is 5.98. The lowest BCUT2D eigenvalue weighted by Gasteiger charge is -2.14. The average molecular weight is 432 g/mol. The van der Waals surface area contributed by atoms with Gasteiger partial charge in [0.2, 0.25) is 0 Å². The molecule has 0 amide bonds. The summed E-state index contributed by atoms with van der Waals surface area (Å²) in [5.74, 6) is 0. The van der Waals surface area contributed by atoms with Crippen molar-refractivity contribution in [1.29, 1.82) is 5.26 Å². The average Bonchev–Trinajstić information content (AvgIpc) is 3.38. The molecular weight excluding hydrogens is 412 g/mol. The molecule has 0 fully saturated rings. The quantitative estimate of drug-likeness (QED) is 0.427. The number of pyridine rings is 1. The molecule has 0 N–H and O–H groups in total. The van der Waals surface area contributed by atoms with E-state index >= 15 is 0 Å². The summed E-state index contributed by atoms with van der Waals surface area (Å²) in [7, 11) is 0. The number of nitriles is 1. The van der Waals surface area contributed by atoms with Crippen LogP contribution < -0.4 is 5.56 Å². The third kappa shape index (κ3) is 3.58. The summed E-state index contributed by atoms with van der Waals surface area (Å²) >= 11 is 0. The second-order valence-corrected chi connectivity index (χ2v) is 7.88. The van der Waals surface area contributed by atoms with Crippen LogP contribution in [0.5, 0.6) is 0 Å². The first-order chi connectivity index (χ1) is 16.1. The summed E-state index contributed by atoms with van der Waals surface area (Å²) < 4.78 is 3.21. The SMILES string of the molecule is Cc1c(Cc2ccc(-n3cccn3)cc2)cc2c(=O)n(-c3cccnc3C#N)cnc2c1C. The van der Waals surface area contributed by atoms with Crippen molar-refractivity contribution in [3.63, 3.8) is 0 Å². The summed E-state index contributed by atoms with van der Waals surface area (Å²) in [6, 6.07) is 17.5. The van der Waals surface area contributed by atoms with Crippen LogP contribution in [0.25, 0.3) is 22.3 Å². The van der Waals surface area contributed by atoms with Gasteiger partial charge in [-0.05, 0) is 78.9 Å². The molecule has 0 bridgehead atoms. The van der Waals surface area contributed by atoms with Gasteiger partial charge in [-0.2, -0.15) is 10.4 Å². The zero-order valence-corrected chi connectivity index (χ0v) is 18.2. The zero-order chi connectivity index (χ0) is 22.9. The van der Waals surface area contributed by atoms with Gasteiger partial charge in [0.05, 0.1) is 22.3 Å². The second-order valence-electron chi connectivity index (χ2n) is 7.88. The van der Waals surface area contributed by atoms with E-state index in [1.807, 2.05) is 48.1 Å². The van der Waals surface area contributed by atoms with Gasteiger partial charge < -0.3 is 0 Å². The minimum absolute atomic E-state index is 0.182. The topological polar surface area (TPSA) is 89.4 Å². The highest BCUT2D eigenvalue weighted by molar-refractivity contribution is 5.83. The van der Waals surface area contributed by atoms with Crippen LogP contribution in [0.15, 0.2) is 78.2 Å². The van der Waals surface area contributed by atoms with Crippen molar-refractivity contribution in [3.05, 3.63) is 112 Å². The lowest BCUT2D eigenvalue weighted by atomic mass is 9.94. The number of hydrogen-bond acceptors (Lipinski definition) is 5. The standard InChI is InChI=1S/C26H20N6O/c1-17-18(2)25-22(26(33)31(16-29-25)24-5-3-10-28-23(24)15-27)14-20(17)13-19-6-8-21(9-7-19)32-12-4-11-30-32/h3-12,14,16H,13H2,1-2H3. The fraction of sp³-hybridized carbons (Fsp3) is 0.115. The molecule has 3 heterocycles. The Morgan fingerprint density at radius 1 is 1.00 bits per heavy atom. The van der Waals surface area contributed by atoms with E-state index in [9.17, 15) is 10.1 Å². The molecule has 0 saturated heterocycles. The van der Waals surface area contributed by atoms with Gasteiger partial charge in [0.15, 0.2) is 5.69 Å². The Morgan fingerprint density at radius 3 is 2.55 bits per heavy atom. The molecule has 0 aliphatic rings. The van der Waals surface area contributed by atoms with Crippen molar-refractivity contribution >= 4 is 10.9 Å². The van der Waals surface area contributed by atoms with Crippen molar-refractivity contribution < 1.29 is 0 Å². The molecule has 5 aromatic rings. The van der Waals surface area contributed by atoms with Crippen molar-refractivity contribution in [1.82, 2.24) is 24.3 Å². The van der Waals surface area contributed by atoms with Crippen LogP contribution in [-0.4, -0.2) is 24.3 Å². The number of aromatic nitrogens is 5. The van der Waals surface area contributed by atoms with Gasteiger partial charge in [-0.3, -0.25) is 9.36 Å². The molecule has 0 atom stereocenters. The molecule has 33 heavy (non-hydrogen) atoms. The number of benzene rings is 2. The number of aryl methyl sites for hydroxylation is 1. The number of hydrogen-bond donors (Lipinski definition) is 0. The highest BCUT2D eigenvalue weighted by atomic mass is 16.1. The lowest BCUT2D eigenvalue weighted by Crippen LogP contribution is -2.21. The first-order valence-electron chi connectivity index (χ1n) is 10.5. The first kappa shape index (κ1) is 20.3. The Balaban J connectivity index is 1.59.